The molecular formula is C22H18NO2. The second-order valence-electron chi connectivity index (χ2n) is 5.82. The molecule has 25 heavy (non-hydrogen) atoms. The normalized spacial score (nSPS) is 14.8. The fourth-order valence-electron chi connectivity index (χ4n) is 3.09. The molecule has 4 rings (SSSR count). The van der Waals surface area contributed by atoms with E-state index in [1.807, 2.05) is 43.2 Å². The minimum Gasteiger partial charge on any atom is -0.493 e. The summed E-state index contributed by atoms with van der Waals surface area (Å²) in [5.74, 6) is 2.50. The van der Waals surface area contributed by atoms with Gasteiger partial charge in [-0.25, -0.2) is 0 Å². The lowest BCUT2D eigenvalue weighted by atomic mass is 9.93. The zero-order valence-electron chi connectivity index (χ0n) is 14.2. The van der Waals surface area contributed by atoms with E-state index in [4.69, 9.17) is 14.5 Å². The van der Waals surface area contributed by atoms with Gasteiger partial charge in [0.1, 0.15) is 0 Å². The van der Waals surface area contributed by atoms with Gasteiger partial charge in [0, 0.05) is 22.9 Å². The van der Waals surface area contributed by atoms with Gasteiger partial charge in [-0.15, -0.1) is 0 Å². The number of nitrogens with zero attached hydrogens (tertiary/aromatic N) is 1. The second kappa shape index (κ2) is 6.75. The third-order valence-electron chi connectivity index (χ3n) is 4.34. The van der Waals surface area contributed by atoms with Crippen LogP contribution in [-0.4, -0.2) is 19.2 Å². The molecule has 0 amide bonds. The molecule has 1 aromatic heterocycles. The quantitative estimate of drug-likeness (QED) is 0.697. The average Bonchev–Trinajstić information content (AvgIpc) is 3.21. The summed E-state index contributed by atoms with van der Waals surface area (Å²) in [6.07, 6.45) is 8.23. The highest BCUT2D eigenvalue weighted by molar-refractivity contribution is 5.89. The van der Waals surface area contributed by atoms with E-state index < -0.39 is 0 Å². The third-order valence-corrected chi connectivity index (χ3v) is 4.34. The molecule has 1 fully saturated rings. The van der Waals surface area contributed by atoms with Gasteiger partial charge in [0.25, 0.3) is 0 Å². The van der Waals surface area contributed by atoms with Crippen molar-refractivity contribution in [1.82, 2.24) is 4.98 Å². The van der Waals surface area contributed by atoms with E-state index in [1.54, 1.807) is 14.2 Å². The lowest BCUT2D eigenvalue weighted by molar-refractivity contribution is 0.356. The Balaban J connectivity index is 1.95. The minimum absolute atomic E-state index is 0.684. The van der Waals surface area contributed by atoms with Crippen molar-refractivity contribution in [3.8, 4) is 22.6 Å². The van der Waals surface area contributed by atoms with Crippen LogP contribution in [0, 0.1) is 31.6 Å². The van der Waals surface area contributed by atoms with Gasteiger partial charge in [-0.1, -0.05) is 30.3 Å². The maximum Gasteiger partial charge on any atom is 0.162 e. The number of pyridine rings is 1. The van der Waals surface area contributed by atoms with Crippen molar-refractivity contribution in [3.63, 3.8) is 0 Å². The van der Waals surface area contributed by atoms with Crippen LogP contribution in [-0.2, 0) is 0 Å². The van der Waals surface area contributed by atoms with Crippen molar-refractivity contribution < 1.29 is 9.47 Å². The molecule has 3 nitrogen and oxygen atoms in total. The van der Waals surface area contributed by atoms with Gasteiger partial charge in [-0.05, 0) is 43.4 Å². The van der Waals surface area contributed by atoms with Crippen molar-refractivity contribution >= 4 is 10.9 Å². The Morgan fingerprint density at radius 3 is 2.16 bits per heavy atom. The van der Waals surface area contributed by atoms with Crippen molar-refractivity contribution in [2.45, 2.75) is 0 Å². The Kier molecular flexibility index (Phi) is 4.31. The SMILES string of the molecule is COc1cc2cc(-c3ccccc3)c([C]3[CH][CH][CH][CH]3)nc2cc1OC. The second-order valence-corrected chi connectivity index (χ2v) is 5.82. The smallest absolute Gasteiger partial charge is 0.162 e. The van der Waals surface area contributed by atoms with Gasteiger partial charge in [0.2, 0.25) is 0 Å². The van der Waals surface area contributed by atoms with Gasteiger partial charge in [0.15, 0.2) is 11.5 Å². The number of rotatable bonds is 4. The number of fused-ring (bicyclic) bond motifs is 1. The Morgan fingerprint density at radius 1 is 0.800 bits per heavy atom. The van der Waals surface area contributed by atoms with Gasteiger partial charge in [0.05, 0.1) is 25.4 Å². The lowest BCUT2D eigenvalue weighted by Crippen LogP contribution is -2.03. The summed E-state index contributed by atoms with van der Waals surface area (Å²) in [6.45, 7) is 0. The van der Waals surface area contributed by atoms with Crippen LogP contribution >= 0.6 is 0 Å². The first-order valence-electron chi connectivity index (χ1n) is 8.14. The Bertz CT molecular complexity index is 883. The lowest BCUT2D eigenvalue weighted by Gasteiger charge is -2.16. The standard InChI is InChI=1S/C22H18NO2/c1-24-20-13-17-12-18(15-8-4-3-5-9-15)22(16-10-6-7-11-16)23-19(17)14-21(20)25-2/h3-14H,1-2H3. The molecule has 123 valence electrons. The van der Waals surface area contributed by atoms with Crippen LogP contribution in [0.2, 0.25) is 0 Å². The molecular weight excluding hydrogens is 310 g/mol. The van der Waals surface area contributed by atoms with E-state index in [0.29, 0.717) is 11.5 Å². The average molecular weight is 328 g/mol. The predicted octanol–water partition coefficient (Wildman–Crippen LogP) is 4.67. The molecule has 0 aliphatic heterocycles. The van der Waals surface area contributed by atoms with E-state index in [2.05, 4.69) is 31.0 Å². The number of hydrogen-bond donors (Lipinski definition) is 0. The predicted molar refractivity (Wildman–Crippen MR) is 99.8 cm³/mol. The van der Waals surface area contributed by atoms with E-state index in [9.17, 15) is 0 Å². The Hall–Kier alpha value is -2.55. The molecule has 3 aromatic rings. The largest absolute Gasteiger partial charge is 0.493 e. The van der Waals surface area contributed by atoms with Crippen LogP contribution in [0.15, 0.2) is 48.5 Å². The fourth-order valence-corrected chi connectivity index (χ4v) is 3.09. The summed E-state index contributed by atoms with van der Waals surface area (Å²) in [5, 5.41) is 1.02. The van der Waals surface area contributed by atoms with E-state index in [1.165, 1.54) is 0 Å². The minimum atomic E-state index is 0.684. The van der Waals surface area contributed by atoms with Crippen molar-refractivity contribution in [2.75, 3.05) is 14.2 Å². The Morgan fingerprint density at radius 2 is 1.48 bits per heavy atom. The molecule has 2 aromatic carbocycles. The highest BCUT2D eigenvalue weighted by Crippen LogP contribution is 2.39. The monoisotopic (exact) mass is 328 g/mol. The molecule has 1 aliphatic rings. The number of aromatic nitrogens is 1. The van der Waals surface area contributed by atoms with Gasteiger partial charge in [-0.2, -0.15) is 0 Å². The summed E-state index contributed by atoms with van der Waals surface area (Å²) in [4.78, 5) is 4.94. The van der Waals surface area contributed by atoms with Crippen molar-refractivity contribution in [2.24, 2.45) is 0 Å². The van der Waals surface area contributed by atoms with Crippen LogP contribution in [0.25, 0.3) is 22.0 Å². The third kappa shape index (κ3) is 2.95. The molecule has 5 radical (unpaired) electrons. The highest BCUT2D eigenvalue weighted by Gasteiger charge is 2.24. The van der Waals surface area contributed by atoms with Gasteiger partial charge >= 0.3 is 0 Å². The first-order chi connectivity index (χ1) is 12.3. The molecule has 0 N–H and O–H groups in total. The molecule has 0 spiro atoms. The summed E-state index contributed by atoms with van der Waals surface area (Å²) in [7, 11) is 3.29. The first kappa shape index (κ1) is 15.9. The number of benzene rings is 2. The maximum atomic E-state index is 5.44. The van der Waals surface area contributed by atoms with Crippen LogP contribution < -0.4 is 9.47 Å². The molecule has 1 aliphatic carbocycles. The van der Waals surface area contributed by atoms with Crippen LogP contribution in [0.5, 0.6) is 11.5 Å². The van der Waals surface area contributed by atoms with E-state index in [0.717, 1.165) is 33.6 Å². The van der Waals surface area contributed by atoms with E-state index >= 15 is 0 Å². The molecule has 0 saturated heterocycles. The zero-order chi connectivity index (χ0) is 17.2. The zero-order valence-corrected chi connectivity index (χ0v) is 14.2. The Labute approximate surface area is 148 Å². The topological polar surface area (TPSA) is 31.4 Å². The van der Waals surface area contributed by atoms with Crippen molar-refractivity contribution in [1.29, 1.82) is 0 Å². The maximum absolute atomic E-state index is 5.44. The number of ether oxygens (including phenoxy) is 2. The molecule has 1 heterocycles. The number of hydrogen-bond acceptors (Lipinski definition) is 3. The summed E-state index contributed by atoms with van der Waals surface area (Å²) in [6, 6.07) is 16.4. The molecule has 3 heteroatoms. The number of methoxy groups -OCH3 is 2. The van der Waals surface area contributed by atoms with Crippen LogP contribution in [0.4, 0.5) is 0 Å². The van der Waals surface area contributed by atoms with Gasteiger partial charge < -0.3 is 9.47 Å². The first-order valence-corrected chi connectivity index (χ1v) is 8.14. The molecule has 0 atom stereocenters. The summed E-state index contributed by atoms with van der Waals surface area (Å²) in [5.41, 5.74) is 4.10. The van der Waals surface area contributed by atoms with Gasteiger partial charge in [-0.3, -0.25) is 4.98 Å². The van der Waals surface area contributed by atoms with Crippen molar-refractivity contribution in [3.05, 3.63) is 85.8 Å². The molecule has 1 saturated carbocycles. The van der Waals surface area contributed by atoms with E-state index in [-0.39, 0.29) is 0 Å². The highest BCUT2D eigenvalue weighted by atomic mass is 16.5. The molecule has 0 bridgehead atoms. The fraction of sp³-hybridized carbons (Fsp3) is 0.0909. The summed E-state index contributed by atoms with van der Waals surface area (Å²) >= 11 is 0. The van der Waals surface area contributed by atoms with Crippen LogP contribution in [0.1, 0.15) is 5.69 Å². The summed E-state index contributed by atoms with van der Waals surface area (Å²) < 4.78 is 10.9. The van der Waals surface area contributed by atoms with Crippen LogP contribution in [0.3, 0.4) is 0 Å². The molecule has 0 unspecified atom stereocenters.